The first-order valence-electron chi connectivity index (χ1n) is 11.2. The number of halogens is 1. The number of carbonyl (C=O) groups is 1. The van der Waals surface area contributed by atoms with Gasteiger partial charge in [0, 0.05) is 42.5 Å². The summed E-state index contributed by atoms with van der Waals surface area (Å²) in [6, 6.07) is 5.49. The molecular formula is C23H24FN7O2. The van der Waals surface area contributed by atoms with Crippen LogP contribution >= 0.6 is 0 Å². The SMILES string of the molecule is CNc1cc(-c2cn(C3CC(O)C3)c3ncccc23)nc2c(C(=O)NC3CC[C@@H]3F)cnn12. The smallest absolute Gasteiger partial charge is 0.257 e. The predicted molar refractivity (Wildman–Crippen MR) is 121 cm³/mol. The van der Waals surface area contributed by atoms with E-state index in [9.17, 15) is 14.3 Å². The summed E-state index contributed by atoms with van der Waals surface area (Å²) in [5, 5.41) is 21.0. The molecule has 10 heteroatoms. The van der Waals surface area contributed by atoms with Gasteiger partial charge in [-0.15, -0.1) is 0 Å². The van der Waals surface area contributed by atoms with Gasteiger partial charge < -0.3 is 20.3 Å². The largest absolute Gasteiger partial charge is 0.393 e. The lowest BCUT2D eigenvalue weighted by molar-refractivity contribution is 0.0501. The van der Waals surface area contributed by atoms with Crippen molar-refractivity contribution in [1.82, 2.24) is 29.5 Å². The van der Waals surface area contributed by atoms with Crippen LogP contribution in [0.25, 0.3) is 27.9 Å². The molecule has 4 aromatic rings. The standard InChI is InChI=1S/C23H24FN7O2/c1-25-20-9-19(16-11-30(12-7-13(32)8-12)21-14(16)3-2-6-26-21)28-22-15(10-27-31(20)22)23(33)29-18-5-4-17(18)24/h2-3,6,9-13,17-18,25,32H,4-5,7-8H2,1H3,(H,29,33)/t12?,13?,17-,18?/m0/s1. The molecule has 2 saturated carbocycles. The summed E-state index contributed by atoms with van der Waals surface area (Å²) in [5.74, 6) is 0.293. The highest BCUT2D eigenvalue weighted by Crippen LogP contribution is 2.38. The lowest BCUT2D eigenvalue weighted by Gasteiger charge is -2.32. The first kappa shape index (κ1) is 20.1. The van der Waals surface area contributed by atoms with Crippen LogP contribution in [0.1, 0.15) is 42.1 Å². The predicted octanol–water partition coefficient (Wildman–Crippen LogP) is 2.71. The van der Waals surface area contributed by atoms with E-state index < -0.39 is 12.2 Å². The van der Waals surface area contributed by atoms with Crippen molar-refractivity contribution in [3.05, 3.63) is 42.4 Å². The van der Waals surface area contributed by atoms with Crippen molar-refractivity contribution in [3.63, 3.8) is 0 Å². The average molecular weight is 449 g/mol. The van der Waals surface area contributed by atoms with Gasteiger partial charge in [-0.1, -0.05) is 0 Å². The summed E-state index contributed by atoms with van der Waals surface area (Å²) in [4.78, 5) is 22.2. The highest BCUT2D eigenvalue weighted by Gasteiger charge is 2.33. The topological polar surface area (TPSA) is 109 Å². The second-order valence-corrected chi connectivity index (χ2v) is 8.85. The van der Waals surface area contributed by atoms with Crippen molar-refractivity contribution in [1.29, 1.82) is 0 Å². The molecule has 4 heterocycles. The van der Waals surface area contributed by atoms with E-state index in [-0.39, 0.29) is 18.1 Å². The van der Waals surface area contributed by atoms with Gasteiger partial charge in [-0.05, 0) is 37.8 Å². The number of aromatic nitrogens is 5. The minimum atomic E-state index is -1.00. The van der Waals surface area contributed by atoms with E-state index in [0.717, 1.165) is 16.6 Å². The van der Waals surface area contributed by atoms with E-state index in [0.29, 0.717) is 48.4 Å². The number of aliphatic hydroxyl groups is 1. The number of hydrogen-bond donors (Lipinski definition) is 3. The number of anilines is 1. The molecule has 2 fully saturated rings. The minimum Gasteiger partial charge on any atom is -0.393 e. The summed E-state index contributed by atoms with van der Waals surface area (Å²) in [7, 11) is 1.78. The van der Waals surface area contributed by atoms with E-state index in [2.05, 4.69) is 25.3 Å². The lowest BCUT2D eigenvalue weighted by Crippen LogP contribution is -2.48. The van der Waals surface area contributed by atoms with Gasteiger partial charge in [-0.3, -0.25) is 4.79 Å². The maximum absolute atomic E-state index is 13.7. The Morgan fingerprint density at radius 3 is 2.82 bits per heavy atom. The van der Waals surface area contributed by atoms with Gasteiger partial charge >= 0.3 is 0 Å². The number of nitrogens with one attached hydrogen (secondary N) is 2. The van der Waals surface area contributed by atoms with Crippen molar-refractivity contribution in [2.75, 3.05) is 12.4 Å². The third kappa shape index (κ3) is 3.16. The zero-order valence-corrected chi connectivity index (χ0v) is 18.1. The second kappa shape index (κ2) is 7.51. The van der Waals surface area contributed by atoms with Gasteiger partial charge in [0.15, 0.2) is 5.65 Å². The molecule has 0 spiro atoms. The van der Waals surface area contributed by atoms with E-state index in [1.54, 1.807) is 17.8 Å². The number of nitrogens with zero attached hydrogens (tertiary/aromatic N) is 5. The van der Waals surface area contributed by atoms with Crippen molar-refractivity contribution >= 4 is 28.4 Å². The van der Waals surface area contributed by atoms with Crippen LogP contribution < -0.4 is 10.6 Å². The Hall–Kier alpha value is -3.53. The molecule has 170 valence electrons. The van der Waals surface area contributed by atoms with Gasteiger partial charge in [0.2, 0.25) is 0 Å². The first-order valence-corrected chi connectivity index (χ1v) is 11.2. The highest BCUT2D eigenvalue weighted by atomic mass is 19.1. The van der Waals surface area contributed by atoms with Crippen LogP contribution in [0.3, 0.4) is 0 Å². The summed E-state index contributed by atoms with van der Waals surface area (Å²) in [5.41, 5.74) is 3.09. The van der Waals surface area contributed by atoms with Crippen LogP contribution in [0, 0.1) is 0 Å². The zero-order valence-electron chi connectivity index (χ0n) is 18.1. The number of fused-ring (bicyclic) bond motifs is 2. The van der Waals surface area contributed by atoms with Crippen molar-refractivity contribution in [3.8, 4) is 11.3 Å². The first-order chi connectivity index (χ1) is 16.0. The van der Waals surface area contributed by atoms with Gasteiger partial charge in [-0.25, -0.2) is 14.4 Å². The molecule has 0 saturated heterocycles. The maximum Gasteiger partial charge on any atom is 0.257 e. The Kier molecular flexibility index (Phi) is 4.58. The molecule has 0 radical (unpaired) electrons. The van der Waals surface area contributed by atoms with Crippen LogP contribution in [0.15, 0.2) is 36.8 Å². The number of aliphatic hydroxyl groups excluding tert-OH is 1. The summed E-state index contributed by atoms with van der Waals surface area (Å²) in [6.45, 7) is 0. The van der Waals surface area contributed by atoms with Gasteiger partial charge in [0.05, 0.1) is 24.0 Å². The summed E-state index contributed by atoms with van der Waals surface area (Å²) >= 11 is 0. The molecule has 0 bridgehead atoms. The van der Waals surface area contributed by atoms with Crippen LogP contribution in [0.2, 0.25) is 0 Å². The average Bonchev–Trinajstić information content (AvgIpc) is 3.40. The van der Waals surface area contributed by atoms with Gasteiger partial charge in [0.1, 0.15) is 23.2 Å². The number of pyridine rings is 1. The molecule has 2 atom stereocenters. The molecule has 1 amide bonds. The normalized spacial score (nSPS) is 24.5. The molecule has 2 aliphatic carbocycles. The van der Waals surface area contributed by atoms with Crippen LogP contribution in [0.4, 0.5) is 10.2 Å². The second-order valence-electron chi connectivity index (χ2n) is 8.85. The Morgan fingerprint density at radius 1 is 1.27 bits per heavy atom. The molecule has 6 rings (SSSR count). The number of rotatable bonds is 5. The van der Waals surface area contributed by atoms with E-state index in [1.807, 2.05) is 24.4 Å². The lowest BCUT2D eigenvalue weighted by atomic mass is 9.89. The van der Waals surface area contributed by atoms with Crippen molar-refractivity contribution in [2.45, 2.75) is 50.0 Å². The molecule has 0 aromatic carbocycles. The van der Waals surface area contributed by atoms with E-state index in [4.69, 9.17) is 4.98 Å². The number of amides is 1. The molecule has 33 heavy (non-hydrogen) atoms. The Labute approximate surface area is 188 Å². The van der Waals surface area contributed by atoms with Crippen LogP contribution in [-0.2, 0) is 0 Å². The van der Waals surface area contributed by atoms with E-state index >= 15 is 0 Å². The molecule has 2 aliphatic rings. The van der Waals surface area contributed by atoms with Gasteiger partial charge in [0.25, 0.3) is 5.91 Å². The van der Waals surface area contributed by atoms with Crippen molar-refractivity contribution in [2.24, 2.45) is 0 Å². The number of alkyl halides is 1. The maximum atomic E-state index is 13.7. The minimum absolute atomic E-state index is 0.186. The van der Waals surface area contributed by atoms with Crippen LogP contribution in [0.5, 0.6) is 0 Å². The number of carbonyl (C=O) groups excluding carboxylic acids is 1. The van der Waals surface area contributed by atoms with E-state index in [1.165, 1.54) is 6.20 Å². The molecule has 3 N–H and O–H groups in total. The fourth-order valence-electron chi connectivity index (χ4n) is 4.66. The molecule has 1 unspecified atom stereocenters. The fourth-order valence-corrected chi connectivity index (χ4v) is 4.66. The highest BCUT2D eigenvalue weighted by molar-refractivity contribution is 6.01. The summed E-state index contributed by atoms with van der Waals surface area (Å²) in [6.07, 6.45) is 6.45. The van der Waals surface area contributed by atoms with Gasteiger partial charge in [-0.2, -0.15) is 9.61 Å². The Balaban J connectivity index is 1.46. The number of hydrogen-bond acceptors (Lipinski definition) is 6. The monoisotopic (exact) mass is 449 g/mol. The molecule has 9 nitrogen and oxygen atoms in total. The quantitative estimate of drug-likeness (QED) is 0.432. The molecular weight excluding hydrogens is 425 g/mol. The molecule has 0 aliphatic heterocycles. The Morgan fingerprint density at radius 2 is 2.12 bits per heavy atom. The Bertz CT molecular complexity index is 1370. The van der Waals surface area contributed by atoms with Crippen molar-refractivity contribution < 1.29 is 14.3 Å². The summed E-state index contributed by atoms with van der Waals surface area (Å²) < 4.78 is 17.4. The third-order valence-electron chi connectivity index (χ3n) is 6.83. The fraction of sp³-hybridized carbons (Fsp3) is 0.391. The molecule has 4 aromatic heterocycles. The van der Waals surface area contributed by atoms with Crippen LogP contribution in [-0.4, -0.2) is 60.5 Å². The zero-order chi connectivity index (χ0) is 22.7. The third-order valence-corrected chi connectivity index (χ3v) is 6.83.